The minimum atomic E-state index is -3.81. The van der Waals surface area contributed by atoms with E-state index >= 15 is 0 Å². The number of aryl methyl sites for hydroxylation is 2. The van der Waals surface area contributed by atoms with Crippen LogP contribution in [-0.4, -0.2) is 38.7 Å². The number of nitrogens with zero attached hydrogens (tertiary/aromatic N) is 2. The predicted octanol–water partition coefficient (Wildman–Crippen LogP) is 3.09. The number of hydrogen-bond acceptors (Lipinski definition) is 6. The maximum Gasteiger partial charge on any atom is 0.271 e. The number of hydrogen-bond donors (Lipinski definition) is 2. The van der Waals surface area contributed by atoms with Gasteiger partial charge in [-0.3, -0.25) is 4.79 Å². The van der Waals surface area contributed by atoms with E-state index in [0.29, 0.717) is 33.6 Å². The molecule has 2 heterocycles. The van der Waals surface area contributed by atoms with Gasteiger partial charge in [-0.2, -0.15) is 0 Å². The van der Waals surface area contributed by atoms with Gasteiger partial charge in [-0.1, -0.05) is 18.0 Å². The van der Waals surface area contributed by atoms with Crippen molar-refractivity contribution in [2.75, 3.05) is 19.0 Å². The fraction of sp³-hybridized carbons (Fsp3) is 0.429. The maximum atomic E-state index is 13.4. The first-order valence-corrected chi connectivity index (χ1v) is 11.5. The fourth-order valence-corrected chi connectivity index (χ4v) is 5.73. The number of sulfonamides is 1. The van der Waals surface area contributed by atoms with E-state index < -0.39 is 10.0 Å². The molecule has 0 saturated heterocycles. The highest BCUT2D eigenvalue weighted by Gasteiger charge is 2.26. The Morgan fingerprint density at radius 3 is 2.47 bits per heavy atom. The molecule has 2 aromatic heterocycles. The molecule has 0 aliphatic heterocycles. The van der Waals surface area contributed by atoms with Crippen LogP contribution in [0.4, 0.5) is 5.69 Å². The average molecular weight is 431 g/mol. The molecule has 1 saturated carbocycles. The number of rotatable bonds is 5. The van der Waals surface area contributed by atoms with Crippen molar-refractivity contribution in [2.45, 2.75) is 50.5 Å². The van der Waals surface area contributed by atoms with Crippen LogP contribution in [0.2, 0.25) is 0 Å². The smallest absolute Gasteiger partial charge is 0.271 e. The molecule has 1 aliphatic rings. The quantitative estimate of drug-likeness (QED) is 0.644. The van der Waals surface area contributed by atoms with Crippen molar-refractivity contribution in [3.05, 3.63) is 40.0 Å². The van der Waals surface area contributed by atoms with Crippen LogP contribution in [0.25, 0.3) is 22.0 Å². The number of anilines is 1. The lowest BCUT2D eigenvalue weighted by Crippen LogP contribution is -2.33. The Hall–Kier alpha value is -2.65. The molecule has 1 aliphatic carbocycles. The van der Waals surface area contributed by atoms with Crippen LogP contribution in [0.3, 0.4) is 0 Å². The molecule has 0 radical (unpaired) electrons. The average Bonchev–Trinajstić information content (AvgIpc) is 3.29. The predicted molar refractivity (Wildman–Crippen MR) is 116 cm³/mol. The third-order valence-corrected chi connectivity index (χ3v) is 7.23. The van der Waals surface area contributed by atoms with Gasteiger partial charge in [-0.15, -0.1) is 0 Å². The monoisotopic (exact) mass is 430 g/mol. The molecule has 4 rings (SSSR count). The van der Waals surface area contributed by atoms with E-state index in [2.05, 4.69) is 14.9 Å². The van der Waals surface area contributed by atoms with Crippen LogP contribution in [0.15, 0.2) is 32.4 Å². The van der Waals surface area contributed by atoms with Crippen LogP contribution < -0.4 is 15.2 Å². The molecule has 1 fully saturated rings. The van der Waals surface area contributed by atoms with E-state index in [-0.39, 0.29) is 16.5 Å². The lowest BCUT2D eigenvalue weighted by atomic mass is 10.0. The van der Waals surface area contributed by atoms with Gasteiger partial charge in [0.1, 0.15) is 11.4 Å². The summed E-state index contributed by atoms with van der Waals surface area (Å²) in [5, 5.41) is 4.46. The SMILES string of the molecule is Cc1noc(C)c1-c1cc(S(=O)(=O)NC2CCCC2)c2cc(N(C)C)c(=O)[nH]c2c1. The minimum Gasteiger partial charge on any atom is -0.373 e. The van der Waals surface area contributed by atoms with Crippen molar-refractivity contribution in [3.8, 4) is 11.1 Å². The number of nitrogens with one attached hydrogen (secondary N) is 2. The van der Waals surface area contributed by atoms with Crippen LogP contribution in [-0.2, 0) is 10.0 Å². The van der Waals surface area contributed by atoms with Crippen molar-refractivity contribution >= 4 is 26.6 Å². The molecular formula is C21H26N4O4S. The largest absolute Gasteiger partial charge is 0.373 e. The number of benzene rings is 1. The van der Waals surface area contributed by atoms with Gasteiger partial charge in [0.2, 0.25) is 10.0 Å². The summed E-state index contributed by atoms with van der Waals surface area (Å²) in [7, 11) is -0.307. The maximum absolute atomic E-state index is 13.4. The van der Waals surface area contributed by atoms with E-state index in [1.165, 1.54) is 0 Å². The molecule has 30 heavy (non-hydrogen) atoms. The zero-order chi connectivity index (χ0) is 21.6. The third-order valence-electron chi connectivity index (χ3n) is 5.67. The lowest BCUT2D eigenvalue weighted by Gasteiger charge is -2.17. The van der Waals surface area contributed by atoms with Crippen LogP contribution in [0.1, 0.15) is 37.1 Å². The van der Waals surface area contributed by atoms with Gasteiger partial charge in [0.05, 0.1) is 16.1 Å². The second-order valence-corrected chi connectivity index (χ2v) is 9.80. The molecule has 9 heteroatoms. The summed E-state index contributed by atoms with van der Waals surface area (Å²) in [6.45, 7) is 3.58. The number of aromatic amines is 1. The molecule has 0 amide bonds. The molecule has 3 aromatic rings. The van der Waals surface area contributed by atoms with Crippen molar-refractivity contribution in [3.63, 3.8) is 0 Å². The third kappa shape index (κ3) is 3.63. The molecular weight excluding hydrogens is 404 g/mol. The standard InChI is InChI=1S/C21H26N4O4S/c1-12-20(13(2)29-23-12)14-9-17-16(11-18(25(3)4)21(26)22-17)19(10-14)30(27,28)24-15-7-5-6-8-15/h9-11,15,24H,5-8H2,1-4H3,(H,22,26). The summed E-state index contributed by atoms with van der Waals surface area (Å²) in [5.41, 5.74) is 2.59. The normalized spacial score (nSPS) is 15.2. The van der Waals surface area contributed by atoms with E-state index in [4.69, 9.17) is 4.52 Å². The number of H-pyrrole nitrogens is 1. The van der Waals surface area contributed by atoms with Gasteiger partial charge in [-0.05, 0) is 50.5 Å². The second kappa shape index (κ2) is 7.55. The van der Waals surface area contributed by atoms with E-state index in [1.54, 1.807) is 51.0 Å². The van der Waals surface area contributed by atoms with Crippen molar-refractivity contribution in [1.82, 2.24) is 14.9 Å². The van der Waals surface area contributed by atoms with E-state index in [9.17, 15) is 13.2 Å². The Kier molecular flexibility index (Phi) is 5.19. The summed E-state index contributed by atoms with van der Waals surface area (Å²) in [6.07, 6.45) is 3.71. The van der Waals surface area contributed by atoms with Gasteiger partial charge in [-0.25, -0.2) is 13.1 Å². The highest BCUT2D eigenvalue weighted by molar-refractivity contribution is 7.89. The molecule has 0 unspecified atom stereocenters. The first-order valence-electron chi connectivity index (χ1n) is 10.0. The Morgan fingerprint density at radius 2 is 1.87 bits per heavy atom. The van der Waals surface area contributed by atoms with Crippen LogP contribution in [0, 0.1) is 13.8 Å². The molecule has 0 spiro atoms. The highest BCUT2D eigenvalue weighted by atomic mass is 32.2. The van der Waals surface area contributed by atoms with Crippen LogP contribution >= 0.6 is 0 Å². The Labute approximate surface area is 175 Å². The molecule has 0 bridgehead atoms. The zero-order valence-electron chi connectivity index (χ0n) is 17.6. The van der Waals surface area contributed by atoms with Gasteiger partial charge >= 0.3 is 0 Å². The molecule has 8 nitrogen and oxygen atoms in total. The Morgan fingerprint density at radius 1 is 1.17 bits per heavy atom. The molecule has 1 aromatic carbocycles. The fourth-order valence-electron chi connectivity index (χ4n) is 4.19. The Balaban J connectivity index is 1.99. The van der Waals surface area contributed by atoms with Gasteiger partial charge in [0.25, 0.3) is 5.56 Å². The van der Waals surface area contributed by atoms with Crippen molar-refractivity contribution < 1.29 is 12.9 Å². The van der Waals surface area contributed by atoms with Gasteiger partial charge in [0.15, 0.2) is 0 Å². The topological polar surface area (TPSA) is 108 Å². The number of aromatic nitrogens is 2. The highest BCUT2D eigenvalue weighted by Crippen LogP contribution is 2.34. The van der Waals surface area contributed by atoms with Crippen molar-refractivity contribution in [2.24, 2.45) is 0 Å². The Bertz CT molecular complexity index is 1250. The van der Waals surface area contributed by atoms with E-state index in [0.717, 1.165) is 31.2 Å². The second-order valence-electron chi connectivity index (χ2n) is 8.12. The summed E-state index contributed by atoms with van der Waals surface area (Å²) < 4.78 is 34.9. The first-order chi connectivity index (χ1) is 14.2. The number of fused-ring (bicyclic) bond motifs is 1. The van der Waals surface area contributed by atoms with Crippen LogP contribution in [0.5, 0.6) is 0 Å². The zero-order valence-corrected chi connectivity index (χ0v) is 18.4. The lowest BCUT2D eigenvalue weighted by molar-refractivity contribution is 0.393. The first kappa shape index (κ1) is 20.6. The molecule has 2 N–H and O–H groups in total. The van der Waals surface area contributed by atoms with Gasteiger partial charge in [0, 0.05) is 31.1 Å². The number of pyridine rings is 1. The molecule has 160 valence electrons. The summed E-state index contributed by atoms with van der Waals surface area (Å²) >= 11 is 0. The van der Waals surface area contributed by atoms with Gasteiger partial charge < -0.3 is 14.4 Å². The minimum absolute atomic E-state index is 0.0659. The summed E-state index contributed by atoms with van der Waals surface area (Å²) in [6, 6.07) is 4.99. The van der Waals surface area contributed by atoms with Crippen molar-refractivity contribution in [1.29, 1.82) is 0 Å². The summed E-state index contributed by atoms with van der Waals surface area (Å²) in [5.74, 6) is 0.589. The van der Waals surface area contributed by atoms with E-state index in [1.807, 2.05) is 0 Å². The molecule has 0 atom stereocenters. The summed E-state index contributed by atoms with van der Waals surface area (Å²) in [4.78, 5) is 17.2.